The van der Waals surface area contributed by atoms with Crippen LogP contribution in [0.25, 0.3) is 16.7 Å². The van der Waals surface area contributed by atoms with Gasteiger partial charge in [-0.05, 0) is 44.0 Å². The Hall–Kier alpha value is -2.73. The molecule has 1 N–H and O–H groups in total. The Morgan fingerprint density at radius 1 is 1.23 bits per heavy atom. The van der Waals surface area contributed by atoms with Crippen LogP contribution in [0.4, 0.5) is 10.3 Å². The molecule has 134 valence electrons. The number of fused-ring (bicyclic) bond motifs is 1. The van der Waals surface area contributed by atoms with E-state index in [2.05, 4.69) is 10.3 Å². The normalized spacial score (nSPS) is 20.2. The van der Waals surface area contributed by atoms with Crippen LogP contribution < -0.4 is 5.32 Å². The number of carbonyl (C=O) groups excluding carboxylic acids is 1. The number of ether oxygens (including phenoxy) is 1. The highest BCUT2D eigenvalue weighted by Gasteiger charge is 2.27. The molecule has 4 rings (SSSR count). The highest BCUT2D eigenvalue weighted by atomic mass is 19.1. The minimum absolute atomic E-state index is 0.0601. The molecule has 1 amide bonds. The van der Waals surface area contributed by atoms with Gasteiger partial charge in [0.05, 0.1) is 22.8 Å². The molecule has 5 nitrogen and oxygen atoms in total. The molecule has 0 spiro atoms. The Labute approximate surface area is 150 Å². The zero-order chi connectivity index (χ0) is 18.1. The van der Waals surface area contributed by atoms with Gasteiger partial charge in [-0.25, -0.2) is 9.37 Å². The van der Waals surface area contributed by atoms with Crippen LogP contribution in [0.15, 0.2) is 48.5 Å². The fourth-order valence-electron chi connectivity index (χ4n) is 3.44. The Morgan fingerprint density at radius 3 is 2.81 bits per heavy atom. The van der Waals surface area contributed by atoms with Crippen molar-refractivity contribution >= 4 is 22.9 Å². The molecule has 0 aliphatic carbocycles. The van der Waals surface area contributed by atoms with Gasteiger partial charge >= 0.3 is 0 Å². The highest BCUT2D eigenvalue weighted by molar-refractivity contribution is 5.94. The summed E-state index contributed by atoms with van der Waals surface area (Å²) in [5, 5.41) is 2.91. The van der Waals surface area contributed by atoms with E-state index in [0.29, 0.717) is 36.6 Å². The maximum atomic E-state index is 14.4. The van der Waals surface area contributed by atoms with Crippen molar-refractivity contribution in [3.05, 3.63) is 54.3 Å². The molecule has 26 heavy (non-hydrogen) atoms. The zero-order valence-corrected chi connectivity index (χ0v) is 14.5. The van der Waals surface area contributed by atoms with E-state index in [0.717, 1.165) is 5.52 Å². The van der Waals surface area contributed by atoms with Crippen LogP contribution in [0.1, 0.15) is 19.8 Å². The van der Waals surface area contributed by atoms with Gasteiger partial charge in [0.25, 0.3) is 0 Å². The molecule has 0 bridgehead atoms. The lowest BCUT2D eigenvalue weighted by Crippen LogP contribution is -2.32. The second-order valence-corrected chi connectivity index (χ2v) is 6.60. The number of imidazole rings is 1. The number of nitrogens with zero attached hydrogens (tertiary/aromatic N) is 2. The largest absolute Gasteiger partial charge is 0.378 e. The molecule has 2 atom stereocenters. The first kappa shape index (κ1) is 16.7. The number of hydrogen-bond acceptors (Lipinski definition) is 3. The Morgan fingerprint density at radius 2 is 2.00 bits per heavy atom. The second kappa shape index (κ2) is 6.88. The Kier molecular flexibility index (Phi) is 4.42. The van der Waals surface area contributed by atoms with Crippen molar-refractivity contribution in [2.45, 2.75) is 25.9 Å². The molecule has 1 aromatic heterocycles. The molecule has 1 fully saturated rings. The summed E-state index contributed by atoms with van der Waals surface area (Å²) in [7, 11) is 0. The van der Waals surface area contributed by atoms with E-state index in [1.807, 2.05) is 31.2 Å². The third-order valence-corrected chi connectivity index (χ3v) is 4.75. The number of aromatic nitrogens is 2. The second-order valence-electron chi connectivity index (χ2n) is 6.60. The molecule has 6 heteroatoms. The smallest absolute Gasteiger partial charge is 0.229 e. The number of para-hydroxylation sites is 3. The van der Waals surface area contributed by atoms with Crippen LogP contribution in [0, 0.1) is 11.7 Å². The predicted octanol–water partition coefficient (Wildman–Crippen LogP) is 3.92. The van der Waals surface area contributed by atoms with Gasteiger partial charge in [0.1, 0.15) is 5.82 Å². The fourth-order valence-corrected chi connectivity index (χ4v) is 3.44. The maximum absolute atomic E-state index is 14.4. The van der Waals surface area contributed by atoms with Crippen molar-refractivity contribution in [3.63, 3.8) is 0 Å². The summed E-state index contributed by atoms with van der Waals surface area (Å²) in [5.74, 6) is -0.271. The van der Waals surface area contributed by atoms with Crippen LogP contribution in [-0.2, 0) is 9.53 Å². The van der Waals surface area contributed by atoms with Gasteiger partial charge < -0.3 is 4.74 Å². The molecule has 2 heterocycles. The Bertz CT molecular complexity index is 953. The molecular weight excluding hydrogens is 333 g/mol. The zero-order valence-electron chi connectivity index (χ0n) is 14.5. The lowest BCUT2D eigenvalue weighted by molar-refractivity contribution is -0.124. The van der Waals surface area contributed by atoms with E-state index in [-0.39, 0.29) is 23.7 Å². The van der Waals surface area contributed by atoms with Gasteiger partial charge in [-0.1, -0.05) is 24.3 Å². The van der Waals surface area contributed by atoms with E-state index in [9.17, 15) is 9.18 Å². The van der Waals surface area contributed by atoms with Gasteiger partial charge in [0, 0.05) is 12.5 Å². The first-order valence-electron chi connectivity index (χ1n) is 8.78. The van der Waals surface area contributed by atoms with Crippen molar-refractivity contribution in [1.29, 1.82) is 0 Å². The molecule has 3 aromatic rings. The van der Waals surface area contributed by atoms with E-state index < -0.39 is 0 Å². The number of benzene rings is 2. The van der Waals surface area contributed by atoms with Crippen LogP contribution in [0.3, 0.4) is 0 Å². The van der Waals surface area contributed by atoms with Gasteiger partial charge in [-0.15, -0.1) is 0 Å². The summed E-state index contributed by atoms with van der Waals surface area (Å²) >= 11 is 0. The van der Waals surface area contributed by atoms with E-state index in [1.54, 1.807) is 22.8 Å². The minimum atomic E-state index is -0.370. The molecule has 1 aliphatic heterocycles. The highest BCUT2D eigenvalue weighted by Crippen LogP contribution is 2.28. The van der Waals surface area contributed by atoms with Crippen LogP contribution in [0.5, 0.6) is 0 Å². The molecule has 0 saturated carbocycles. The van der Waals surface area contributed by atoms with Crippen LogP contribution >= 0.6 is 0 Å². The summed E-state index contributed by atoms with van der Waals surface area (Å²) in [6.45, 7) is 2.54. The number of nitrogens with one attached hydrogen (secondary N) is 1. The number of anilines is 1. The van der Waals surface area contributed by atoms with Crippen molar-refractivity contribution in [2.75, 3.05) is 11.9 Å². The number of hydrogen-bond donors (Lipinski definition) is 1. The molecule has 2 aromatic carbocycles. The van der Waals surface area contributed by atoms with Crippen molar-refractivity contribution < 1.29 is 13.9 Å². The summed E-state index contributed by atoms with van der Waals surface area (Å²) in [5.41, 5.74) is 1.80. The first-order chi connectivity index (χ1) is 12.6. The SMILES string of the molecule is CC1CC(C(=O)Nc2nc3ccccc3n2-c2ccccc2F)CCO1. The first-order valence-corrected chi connectivity index (χ1v) is 8.78. The number of amides is 1. The number of halogens is 1. The van der Waals surface area contributed by atoms with Gasteiger partial charge in [0.15, 0.2) is 0 Å². The van der Waals surface area contributed by atoms with Gasteiger partial charge in [0.2, 0.25) is 11.9 Å². The third kappa shape index (κ3) is 3.08. The fraction of sp³-hybridized carbons (Fsp3) is 0.300. The van der Waals surface area contributed by atoms with Crippen LogP contribution in [0.2, 0.25) is 0 Å². The topological polar surface area (TPSA) is 56.2 Å². The average Bonchev–Trinajstić information content (AvgIpc) is 3.00. The maximum Gasteiger partial charge on any atom is 0.229 e. The van der Waals surface area contributed by atoms with Crippen molar-refractivity contribution in [3.8, 4) is 5.69 Å². The molecule has 2 unspecified atom stereocenters. The minimum Gasteiger partial charge on any atom is -0.378 e. The predicted molar refractivity (Wildman–Crippen MR) is 97.8 cm³/mol. The quantitative estimate of drug-likeness (QED) is 0.776. The number of rotatable bonds is 3. The van der Waals surface area contributed by atoms with Crippen LogP contribution in [-0.4, -0.2) is 28.2 Å². The Balaban J connectivity index is 1.74. The van der Waals surface area contributed by atoms with Gasteiger partial charge in [-0.2, -0.15) is 0 Å². The molecule has 0 radical (unpaired) electrons. The van der Waals surface area contributed by atoms with E-state index in [1.165, 1.54) is 6.07 Å². The average molecular weight is 353 g/mol. The monoisotopic (exact) mass is 353 g/mol. The molecule has 1 aliphatic rings. The summed E-state index contributed by atoms with van der Waals surface area (Å²) < 4.78 is 21.6. The molecular formula is C20H20FN3O2. The number of carbonyl (C=O) groups is 1. The third-order valence-electron chi connectivity index (χ3n) is 4.75. The summed E-state index contributed by atoms with van der Waals surface area (Å²) in [6, 6.07) is 13.9. The standard InChI is InChI=1S/C20H20FN3O2/c1-13-12-14(10-11-26-13)19(25)23-20-22-16-7-3-5-9-18(16)24(20)17-8-4-2-6-15(17)21/h2-9,13-14H,10-12H2,1H3,(H,22,23,25). The van der Waals surface area contributed by atoms with E-state index in [4.69, 9.17) is 4.74 Å². The molecule has 1 saturated heterocycles. The lowest BCUT2D eigenvalue weighted by Gasteiger charge is -2.26. The van der Waals surface area contributed by atoms with Crippen molar-refractivity contribution in [2.24, 2.45) is 5.92 Å². The lowest BCUT2D eigenvalue weighted by atomic mass is 9.95. The van der Waals surface area contributed by atoms with Crippen molar-refractivity contribution in [1.82, 2.24) is 9.55 Å². The van der Waals surface area contributed by atoms with E-state index >= 15 is 0 Å². The summed E-state index contributed by atoms with van der Waals surface area (Å²) in [6.07, 6.45) is 1.41. The summed E-state index contributed by atoms with van der Waals surface area (Å²) in [4.78, 5) is 17.3. The van der Waals surface area contributed by atoms with Gasteiger partial charge in [-0.3, -0.25) is 14.7 Å².